The molecule has 3 rings (SSSR count). The number of nitrogens with two attached hydrogens (primary N) is 1. The molecule has 1 fully saturated rings. The fourth-order valence-corrected chi connectivity index (χ4v) is 4.63. The van der Waals surface area contributed by atoms with Crippen LogP contribution in [0, 0.1) is 0 Å². The van der Waals surface area contributed by atoms with Gasteiger partial charge in [0.25, 0.3) is 11.8 Å². The van der Waals surface area contributed by atoms with Crippen LogP contribution in [-0.2, 0) is 19.2 Å². The third-order valence-electron chi connectivity index (χ3n) is 3.99. The molecular formula is C15H17N5O6S2. The zero-order chi connectivity index (χ0) is 20.4. The number of nitrogen functional groups attached to an aromatic ring is 1. The van der Waals surface area contributed by atoms with E-state index in [-0.39, 0.29) is 40.2 Å². The van der Waals surface area contributed by atoms with Crippen LogP contribution in [0.4, 0.5) is 5.13 Å². The van der Waals surface area contributed by atoms with Crippen molar-refractivity contribution < 1.29 is 29.4 Å². The molecule has 0 bridgehead atoms. The van der Waals surface area contributed by atoms with Crippen molar-refractivity contribution in [2.45, 2.75) is 18.3 Å². The van der Waals surface area contributed by atoms with Gasteiger partial charge in [-0.3, -0.25) is 14.5 Å². The number of carboxylic acid groups (broad SMARTS) is 1. The zero-order valence-corrected chi connectivity index (χ0v) is 16.2. The average molecular weight is 427 g/mol. The summed E-state index contributed by atoms with van der Waals surface area (Å²) in [4.78, 5) is 46.7. The number of fused-ring (bicyclic) bond motifs is 1. The lowest BCUT2D eigenvalue weighted by Crippen LogP contribution is -2.71. The maximum absolute atomic E-state index is 12.7. The third kappa shape index (κ3) is 3.55. The molecule has 28 heavy (non-hydrogen) atoms. The molecule has 2 amide bonds. The SMILES string of the molecule is CCON=C(C(=O)N[C@@H]1C(=O)N2C(C(=O)O)=C(CO)CS[C@@H]12)c1csc(N)n1. The average Bonchev–Trinajstić information content (AvgIpc) is 3.10. The second-order valence-electron chi connectivity index (χ2n) is 5.71. The summed E-state index contributed by atoms with van der Waals surface area (Å²) in [6.07, 6.45) is 0. The molecule has 0 saturated carbocycles. The molecular weight excluding hydrogens is 410 g/mol. The van der Waals surface area contributed by atoms with Crippen LogP contribution < -0.4 is 11.1 Å². The second-order valence-corrected chi connectivity index (χ2v) is 7.70. The van der Waals surface area contributed by atoms with Crippen LogP contribution in [-0.4, -0.2) is 74.0 Å². The number of aliphatic carboxylic acids is 1. The van der Waals surface area contributed by atoms with E-state index in [4.69, 9.17) is 10.6 Å². The number of carbonyl (C=O) groups excluding carboxylic acids is 2. The largest absolute Gasteiger partial charge is 0.477 e. The van der Waals surface area contributed by atoms with Gasteiger partial charge in [0, 0.05) is 11.1 Å². The molecule has 5 N–H and O–H groups in total. The number of nitrogens with zero attached hydrogens (tertiary/aromatic N) is 3. The number of β-lactam (4-membered cyclic amide) rings is 1. The van der Waals surface area contributed by atoms with Gasteiger partial charge in [-0.2, -0.15) is 0 Å². The number of nitrogens with one attached hydrogen (secondary N) is 1. The fourth-order valence-electron chi connectivity index (χ4n) is 2.74. The maximum atomic E-state index is 12.7. The number of aromatic nitrogens is 1. The van der Waals surface area contributed by atoms with Crippen LogP contribution in [0.1, 0.15) is 12.6 Å². The number of amides is 2. The van der Waals surface area contributed by atoms with Crippen molar-refractivity contribution in [1.82, 2.24) is 15.2 Å². The molecule has 0 aliphatic carbocycles. The van der Waals surface area contributed by atoms with E-state index in [0.29, 0.717) is 0 Å². The number of aliphatic hydroxyl groups excluding tert-OH is 1. The van der Waals surface area contributed by atoms with Gasteiger partial charge in [-0.05, 0) is 12.5 Å². The Morgan fingerprint density at radius 2 is 2.29 bits per heavy atom. The molecule has 0 spiro atoms. The highest BCUT2D eigenvalue weighted by molar-refractivity contribution is 8.00. The van der Waals surface area contributed by atoms with Gasteiger partial charge < -0.3 is 26.1 Å². The summed E-state index contributed by atoms with van der Waals surface area (Å²) in [5.74, 6) is -2.33. The molecule has 2 atom stereocenters. The van der Waals surface area contributed by atoms with Gasteiger partial charge in [-0.1, -0.05) is 5.16 Å². The first-order valence-corrected chi connectivity index (χ1v) is 10.0. The first kappa shape index (κ1) is 20.1. The van der Waals surface area contributed by atoms with Crippen LogP contribution in [0.3, 0.4) is 0 Å². The summed E-state index contributed by atoms with van der Waals surface area (Å²) in [7, 11) is 0. The Hall–Kier alpha value is -2.64. The number of thiazole rings is 1. The molecule has 0 radical (unpaired) electrons. The van der Waals surface area contributed by atoms with Gasteiger partial charge in [0.2, 0.25) is 0 Å². The summed E-state index contributed by atoms with van der Waals surface area (Å²) in [6, 6.07) is -0.935. The number of hydrogen-bond donors (Lipinski definition) is 4. The van der Waals surface area contributed by atoms with E-state index in [0.717, 1.165) is 16.2 Å². The predicted molar refractivity (Wildman–Crippen MR) is 101 cm³/mol. The summed E-state index contributed by atoms with van der Waals surface area (Å²) in [6.45, 7) is 1.46. The monoisotopic (exact) mass is 427 g/mol. The minimum absolute atomic E-state index is 0.132. The third-order valence-corrected chi connectivity index (χ3v) is 6.01. The summed E-state index contributed by atoms with van der Waals surface area (Å²) in [5.41, 5.74) is 5.69. The Bertz CT molecular complexity index is 882. The van der Waals surface area contributed by atoms with Crippen molar-refractivity contribution in [2.24, 2.45) is 5.16 Å². The van der Waals surface area contributed by atoms with Crippen LogP contribution in [0.15, 0.2) is 21.8 Å². The highest BCUT2D eigenvalue weighted by Gasteiger charge is 2.54. The van der Waals surface area contributed by atoms with Gasteiger partial charge in [0.15, 0.2) is 10.8 Å². The Kier molecular flexibility index (Phi) is 5.86. The Morgan fingerprint density at radius 3 is 2.86 bits per heavy atom. The molecule has 1 saturated heterocycles. The second kappa shape index (κ2) is 8.16. The number of anilines is 1. The number of carboxylic acids is 1. The Balaban J connectivity index is 1.79. The summed E-state index contributed by atoms with van der Waals surface area (Å²) >= 11 is 2.38. The zero-order valence-electron chi connectivity index (χ0n) is 14.6. The lowest BCUT2D eigenvalue weighted by Gasteiger charge is -2.49. The van der Waals surface area contributed by atoms with Crippen LogP contribution >= 0.6 is 23.1 Å². The normalized spacial score (nSPS) is 21.9. The van der Waals surface area contributed by atoms with Crippen molar-refractivity contribution in [1.29, 1.82) is 0 Å². The summed E-state index contributed by atoms with van der Waals surface area (Å²) < 4.78 is 0. The van der Waals surface area contributed by atoms with Crippen molar-refractivity contribution in [3.8, 4) is 0 Å². The molecule has 1 aromatic heterocycles. The van der Waals surface area contributed by atoms with Gasteiger partial charge in [0.1, 0.15) is 29.4 Å². The maximum Gasteiger partial charge on any atom is 0.352 e. The van der Waals surface area contributed by atoms with Gasteiger partial charge >= 0.3 is 5.97 Å². The van der Waals surface area contributed by atoms with E-state index in [1.807, 2.05) is 0 Å². The van der Waals surface area contributed by atoms with Crippen molar-refractivity contribution >= 4 is 51.7 Å². The molecule has 2 aliphatic heterocycles. The number of thioether (sulfide) groups is 1. The summed E-state index contributed by atoms with van der Waals surface area (Å²) in [5, 5.41) is 26.2. The number of hydrogen-bond acceptors (Lipinski definition) is 10. The molecule has 1 aromatic rings. The van der Waals surface area contributed by atoms with E-state index in [9.17, 15) is 24.6 Å². The molecule has 0 unspecified atom stereocenters. The van der Waals surface area contributed by atoms with E-state index in [1.165, 1.54) is 17.1 Å². The fraction of sp³-hybridized carbons (Fsp3) is 0.400. The number of carbonyl (C=O) groups is 3. The molecule has 2 aliphatic rings. The van der Waals surface area contributed by atoms with Crippen molar-refractivity contribution in [3.63, 3.8) is 0 Å². The Morgan fingerprint density at radius 1 is 1.54 bits per heavy atom. The van der Waals surface area contributed by atoms with Crippen molar-refractivity contribution in [2.75, 3.05) is 24.7 Å². The highest BCUT2D eigenvalue weighted by atomic mass is 32.2. The topological polar surface area (TPSA) is 167 Å². The minimum Gasteiger partial charge on any atom is -0.477 e. The molecule has 13 heteroatoms. The standard InChI is InChI=1S/C15H17N5O6S2/c1-2-26-19-8(7-5-28-15(16)17-7)11(22)18-9-12(23)20-10(14(24)25)6(3-21)4-27-13(9)20/h5,9,13,21H,2-4H2,1H3,(H2,16,17)(H,18,22)(H,24,25)/t9-,13+/m1/s1. The quantitative estimate of drug-likeness (QED) is 0.247. The van der Waals surface area contributed by atoms with Gasteiger partial charge in [-0.25, -0.2) is 9.78 Å². The predicted octanol–water partition coefficient (Wildman–Crippen LogP) is -0.803. The number of oxime groups is 1. The first-order valence-electron chi connectivity index (χ1n) is 8.12. The van der Waals surface area contributed by atoms with Gasteiger partial charge in [-0.15, -0.1) is 23.1 Å². The Labute approximate surface area is 167 Å². The van der Waals surface area contributed by atoms with E-state index < -0.39 is 35.8 Å². The van der Waals surface area contributed by atoms with Crippen LogP contribution in [0.2, 0.25) is 0 Å². The van der Waals surface area contributed by atoms with Crippen molar-refractivity contribution in [3.05, 3.63) is 22.3 Å². The van der Waals surface area contributed by atoms with Crippen LogP contribution in [0.25, 0.3) is 0 Å². The lowest BCUT2D eigenvalue weighted by atomic mass is 10.0. The molecule has 150 valence electrons. The minimum atomic E-state index is -1.30. The number of rotatable bonds is 7. The van der Waals surface area contributed by atoms with Gasteiger partial charge in [0.05, 0.1) is 6.61 Å². The van der Waals surface area contributed by atoms with E-state index in [2.05, 4.69) is 15.5 Å². The van der Waals surface area contributed by atoms with E-state index in [1.54, 1.807) is 6.92 Å². The molecule has 3 heterocycles. The number of aliphatic hydroxyl groups is 1. The highest BCUT2D eigenvalue weighted by Crippen LogP contribution is 2.40. The molecule has 0 aromatic carbocycles. The van der Waals surface area contributed by atoms with E-state index >= 15 is 0 Å². The molecule has 11 nitrogen and oxygen atoms in total. The smallest absolute Gasteiger partial charge is 0.352 e. The first-order chi connectivity index (χ1) is 13.4. The van der Waals surface area contributed by atoms with Crippen LogP contribution in [0.5, 0.6) is 0 Å². The lowest BCUT2D eigenvalue weighted by molar-refractivity contribution is -0.150.